The zero-order valence-corrected chi connectivity index (χ0v) is 15.8. The third-order valence-electron chi connectivity index (χ3n) is 4.18. The van der Waals surface area contributed by atoms with Crippen LogP contribution in [0.15, 0.2) is 54.9 Å². The van der Waals surface area contributed by atoms with Gasteiger partial charge in [-0.05, 0) is 61.7 Å². The average Bonchev–Trinajstić information content (AvgIpc) is 2.66. The molecule has 1 N–H and O–H groups in total. The van der Waals surface area contributed by atoms with Gasteiger partial charge in [0.25, 0.3) is 5.91 Å². The summed E-state index contributed by atoms with van der Waals surface area (Å²) in [6, 6.07) is 13.4. The van der Waals surface area contributed by atoms with Crippen molar-refractivity contribution in [3.63, 3.8) is 0 Å². The van der Waals surface area contributed by atoms with Crippen LogP contribution in [0, 0.1) is 13.8 Å². The van der Waals surface area contributed by atoms with Gasteiger partial charge in [-0.25, -0.2) is 9.97 Å². The number of aryl methyl sites for hydroxylation is 2. The first-order valence-electron chi connectivity index (χ1n) is 8.85. The molecule has 0 aliphatic rings. The van der Waals surface area contributed by atoms with Gasteiger partial charge in [0.1, 0.15) is 5.69 Å². The predicted octanol–water partition coefficient (Wildman–Crippen LogP) is 3.42. The molecule has 0 saturated heterocycles. The molecule has 0 aliphatic heterocycles. The molecule has 3 aromatic rings. The zero-order valence-electron chi connectivity index (χ0n) is 15.8. The third-order valence-corrected chi connectivity index (χ3v) is 4.18. The highest BCUT2D eigenvalue weighted by molar-refractivity contribution is 6.03. The molecule has 3 rings (SSSR count). The molecule has 1 amide bonds. The molecular formula is C21H23N5O. The number of carbonyl (C=O) groups is 1. The number of pyridine rings is 1. The number of nitrogens with one attached hydrogen (secondary N) is 1. The van der Waals surface area contributed by atoms with E-state index < -0.39 is 0 Å². The molecule has 6 nitrogen and oxygen atoms in total. The topological polar surface area (TPSA) is 71.0 Å². The van der Waals surface area contributed by atoms with E-state index in [0.717, 1.165) is 29.9 Å². The van der Waals surface area contributed by atoms with Gasteiger partial charge in [0.05, 0.1) is 0 Å². The molecule has 0 aliphatic carbocycles. The molecule has 2 heterocycles. The number of hydrogen-bond acceptors (Lipinski definition) is 5. The van der Waals surface area contributed by atoms with E-state index in [-0.39, 0.29) is 5.91 Å². The predicted molar refractivity (Wildman–Crippen MR) is 107 cm³/mol. The fourth-order valence-electron chi connectivity index (χ4n) is 2.70. The highest BCUT2D eigenvalue weighted by Crippen LogP contribution is 2.14. The van der Waals surface area contributed by atoms with Gasteiger partial charge < -0.3 is 10.2 Å². The van der Waals surface area contributed by atoms with E-state index >= 15 is 0 Å². The smallest absolute Gasteiger partial charge is 0.274 e. The van der Waals surface area contributed by atoms with Crippen molar-refractivity contribution in [1.29, 1.82) is 0 Å². The molecule has 27 heavy (non-hydrogen) atoms. The molecule has 0 radical (unpaired) electrons. The summed E-state index contributed by atoms with van der Waals surface area (Å²) in [5.41, 5.74) is 4.15. The van der Waals surface area contributed by atoms with Crippen molar-refractivity contribution in [1.82, 2.24) is 15.0 Å². The van der Waals surface area contributed by atoms with Gasteiger partial charge in [-0.15, -0.1) is 0 Å². The Kier molecular flexibility index (Phi) is 5.76. The van der Waals surface area contributed by atoms with E-state index in [2.05, 4.69) is 20.3 Å². The quantitative estimate of drug-likeness (QED) is 0.728. The van der Waals surface area contributed by atoms with E-state index in [1.54, 1.807) is 18.5 Å². The Morgan fingerprint density at radius 2 is 1.85 bits per heavy atom. The lowest BCUT2D eigenvalue weighted by Gasteiger charge is -2.18. The van der Waals surface area contributed by atoms with Crippen LogP contribution in [0.25, 0.3) is 0 Å². The Morgan fingerprint density at radius 1 is 1.07 bits per heavy atom. The van der Waals surface area contributed by atoms with Gasteiger partial charge in [-0.3, -0.25) is 9.78 Å². The van der Waals surface area contributed by atoms with Crippen molar-refractivity contribution in [2.45, 2.75) is 20.3 Å². The van der Waals surface area contributed by atoms with E-state index in [1.165, 1.54) is 5.56 Å². The summed E-state index contributed by atoms with van der Waals surface area (Å²) in [5, 5.41) is 2.90. The third kappa shape index (κ3) is 5.10. The number of aromatic nitrogens is 3. The van der Waals surface area contributed by atoms with E-state index in [4.69, 9.17) is 0 Å². The Hall–Kier alpha value is -3.28. The minimum absolute atomic E-state index is 0.241. The minimum Gasteiger partial charge on any atom is -0.344 e. The lowest BCUT2D eigenvalue weighted by Crippen LogP contribution is -2.24. The van der Waals surface area contributed by atoms with E-state index in [1.807, 2.05) is 62.2 Å². The first kappa shape index (κ1) is 18.5. The maximum absolute atomic E-state index is 12.6. The normalized spacial score (nSPS) is 10.5. The Morgan fingerprint density at radius 3 is 2.59 bits per heavy atom. The summed E-state index contributed by atoms with van der Waals surface area (Å²) >= 11 is 0. The second-order valence-electron chi connectivity index (χ2n) is 6.55. The standard InChI is InChI=1S/C21H23N5O/c1-15-5-4-6-18(13-15)24-20(27)19-14-16(2)23-21(25-19)26(3)12-9-17-7-10-22-11-8-17/h4-8,10-11,13-14H,9,12H2,1-3H3,(H,24,27). The van der Waals surface area contributed by atoms with Crippen LogP contribution >= 0.6 is 0 Å². The van der Waals surface area contributed by atoms with Crippen LogP contribution < -0.4 is 10.2 Å². The number of likely N-dealkylation sites (N-methyl/N-ethyl adjacent to an activating group) is 1. The second kappa shape index (κ2) is 8.40. The number of amides is 1. The van der Waals surface area contributed by atoms with Crippen LogP contribution in [0.5, 0.6) is 0 Å². The highest BCUT2D eigenvalue weighted by atomic mass is 16.1. The molecule has 0 fully saturated rings. The maximum Gasteiger partial charge on any atom is 0.274 e. The summed E-state index contributed by atoms with van der Waals surface area (Å²) in [6.45, 7) is 4.60. The van der Waals surface area contributed by atoms with Crippen LogP contribution in [0.2, 0.25) is 0 Å². The lowest BCUT2D eigenvalue weighted by molar-refractivity contribution is 0.102. The lowest BCUT2D eigenvalue weighted by atomic mass is 10.2. The van der Waals surface area contributed by atoms with Gasteiger partial charge in [-0.2, -0.15) is 0 Å². The SMILES string of the molecule is Cc1cccc(NC(=O)c2cc(C)nc(N(C)CCc3ccncc3)n2)c1. The van der Waals surface area contributed by atoms with Crippen molar-refractivity contribution < 1.29 is 4.79 Å². The monoisotopic (exact) mass is 361 g/mol. The van der Waals surface area contributed by atoms with Crippen LogP contribution in [-0.2, 0) is 6.42 Å². The molecular weight excluding hydrogens is 338 g/mol. The van der Waals surface area contributed by atoms with Gasteiger partial charge in [0.15, 0.2) is 0 Å². The molecule has 1 aromatic carbocycles. The molecule has 0 bridgehead atoms. The fraction of sp³-hybridized carbons (Fsp3) is 0.238. The fourth-order valence-corrected chi connectivity index (χ4v) is 2.70. The zero-order chi connectivity index (χ0) is 19.2. The van der Waals surface area contributed by atoms with Crippen molar-refractivity contribution in [2.24, 2.45) is 0 Å². The minimum atomic E-state index is -0.241. The molecule has 0 saturated carbocycles. The van der Waals surface area contributed by atoms with Crippen molar-refractivity contribution in [2.75, 3.05) is 23.8 Å². The van der Waals surface area contributed by atoms with Crippen LogP contribution in [0.4, 0.5) is 11.6 Å². The Labute approximate surface area is 159 Å². The summed E-state index contributed by atoms with van der Waals surface area (Å²) in [4.78, 5) is 27.5. The molecule has 2 aromatic heterocycles. The maximum atomic E-state index is 12.6. The van der Waals surface area contributed by atoms with Gasteiger partial charge >= 0.3 is 0 Å². The van der Waals surface area contributed by atoms with Gasteiger partial charge in [0.2, 0.25) is 5.95 Å². The molecule has 0 atom stereocenters. The number of nitrogens with zero attached hydrogens (tertiary/aromatic N) is 4. The average molecular weight is 361 g/mol. The van der Waals surface area contributed by atoms with E-state index in [0.29, 0.717) is 11.6 Å². The number of hydrogen-bond donors (Lipinski definition) is 1. The van der Waals surface area contributed by atoms with Crippen molar-refractivity contribution >= 4 is 17.5 Å². The number of anilines is 2. The molecule has 0 spiro atoms. The molecule has 6 heteroatoms. The summed E-state index contributed by atoms with van der Waals surface area (Å²) in [5.74, 6) is 0.299. The van der Waals surface area contributed by atoms with Gasteiger partial charge in [0, 0.05) is 37.4 Å². The van der Waals surface area contributed by atoms with Crippen molar-refractivity contribution in [3.8, 4) is 0 Å². The largest absolute Gasteiger partial charge is 0.344 e. The Balaban J connectivity index is 1.72. The second-order valence-corrected chi connectivity index (χ2v) is 6.55. The van der Waals surface area contributed by atoms with Crippen molar-refractivity contribution in [3.05, 3.63) is 77.4 Å². The Bertz CT molecular complexity index is 927. The van der Waals surface area contributed by atoms with Crippen LogP contribution in [-0.4, -0.2) is 34.5 Å². The number of benzene rings is 1. The van der Waals surface area contributed by atoms with Crippen LogP contribution in [0.3, 0.4) is 0 Å². The van der Waals surface area contributed by atoms with Crippen LogP contribution in [0.1, 0.15) is 27.3 Å². The highest BCUT2D eigenvalue weighted by Gasteiger charge is 2.13. The summed E-state index contributed by atoms with van der Waals surface area (Å²) < 4.78 is 0. The number of rotatable bonds is 6. The molecule has 138 valence electrons. The first-order chi connectivity index (χ1) is 13.0. The summed E-state index contributed by atoms with van der Waals surface area (Å²) in [6.07, 6.45) is 4.42. The van der Waals surface area contributed by atoms with E-state index in [9.17, 15) is 4.79 Å². The van der Waals surface area contributed by atoms with Gasteiger partial charge in [-0.1, -0.05) is 12.1 Å². The number of carbonyl (C=O) groups excluding carboxylic acids is 1. The summed E-state index contributed by atoms with van der Waals surface area (Å²) in [7, 11) is 1.93. The first-order valence-corrected chi connectivity index (χ1v) is 8.85. The molecule has 0 unspecified atom stereocenters.